The van der Waals surface area contributed by atoms with Gasteiger partial charge in [0.15, 0.2) is 0 Å². The van der Waals surface area contributed by atoms with Crippen molar-refractivity contribution in [1.82, 2.24) is 15.5 Å². The number of ether oxygens (including phenoxy) is 2. The quantitative estimate of drug-likeness (QED) is 0.152. The topological polar surface area (TPSA) is 158 Å². The Labute approximate surface area is 215 Å². The molecule has 0 aliphatic carbocycles. The number of amides is 4. The van der Waals surface area contributed by atoms with Gasteiger partial charge in [-0.05, 0) is 52.0 Å². The number of amidine groups is 1. The molecule has 3 N–H and O–H groups in total. The molecule has 0 unspecified atom stereocenters. The summed E-state index contributed by atoms with van der Waals surface area (Å²) in [5.41, 5.74) is 0.0722. The maximum atomic E-state index is 12.7. The van der Waals surface area contributed by atoms with Crippen LogP contribution in [0.3, 0.4) is 0 Å². The number of esters is 1. The van der Waals surface area contributed by atoms with Gasteiger partial charge in [0.2, 0.25) is 5.91 Å². The van der Waals surface area contributed by atoms with Crippen molar-refractivity contribution in [3.05, 3.63) is 29.8 Å². The molecule has 198 valence electrons. The first kappa shape index (κ1) is 28.8. The van der Waals surface area contributed by atoms with Crippen molar-refractivity contribution >= 4 is 41.3 Å². The molecule has 1 atom stereocenters. The molecule has 37 heavy (non-hydrogen) atoms. The Morgan fingerprint density at radius 2 is 1.78 bits per heavy atom. The number of nitrogens with zero attached hydrogens (tertiary/aromatic N) is 2. The predicted molar refractivity (Wildman–Crippen MR) is 134 cm³/mol. The van der Waals surface area contributed by atoms with E-state index in [2.05, 4.69) is 16.6 Å². The van der Waals surface area contributed by atoms with E-state index in [4.69, 9.17) is 21.3 Å². The van der Waals surface area contributed by atoms with E-state index >= 15 is 0 Å². The molecule has 1 aromatic rings. The van der Waals surface area contributed by atoms with Crippen molar-refractivity contribution < 1.29 is 33.4 Å². The Kier molecular flexibility index (Phi) is 9.76. The lowest BCUT2D eigenvalue weighted by Crippen LogP contribution is -2.57. The molecule has 2 rings (SSSR count). The van der Waals surface area contributed by atoms with Crippen LogP contribution in [0.1, 0.15) is 39.7 Å². The molecule has 1 aliphatic rings. The summed E-state index contributed by atoms with van der Waals surface area (Å²) in [5, 5.41) is 12.8. The van der Waals surface area contributed by atoms with Crippen LogP contribution >= 0.6 is 0 Å². The third kappa shape index (κ3) is 8.64. The van der Waals surface area contributed by atoms with Gasteiger partial charge in [-0.2, -0.15) is 0 Å². The van der Waals surface area contributed by atoms with E-state index < -0.39 is 48.0 Å². The minimum absolute atomic E-state index is 0.0916. The summed E-state index contributed by atoms with van der Waals surface area (Å²) < 4.78 is 9.93. The number of hydrogen-bond acceptors (Lipinski definition) is 8. The highest BCUT2D eigenvalue weighted by Crippen LogP contribution is 2.19. The lowest BCUT2D eigenvalue weighted by atomic mass is 10.1. The fourth-order valence-electron chi connectivity index (χ4n) is 3.31. The standard InChI is InChI=1S/C25H31N5O7/c1-6-17(14-20(32)36-7-2)27-19(31)15-29-12-13-30(23(34)22(29)33)18-10-8-16(9-11-18)21(26)28-24(35)37-25(3,4)5/h1,8-11,17H,7,12-15H2,2-5H3,(H,27,31)(H2,26,28,35)/t17-/m1/s1. The number of benzene rings is 1. The summed E-state index contributed by atoms with van der Waals surface area (Å²) in [6, 6.07) is 5.23. The first-order valence-electron chi connectivity index (χ1n) is 11.6. The number of anilines is 1. The number of piperazine rings is 1. The molecule has 0 bridgehead atoms. The second kappa shape index (κ2) is 12.5. The second-order valence-electron chi connectivity index (χ2n) is 9.03. The zero-order valence-corrected chi connectivity index (χ0v) is 21.3. The van der Waals surface area contributed by atoms with Gasteiger partial charge in [-0.15, -0.1) is 6.42 Å². The molecule has 1 saturated heterocycles. The third-order valence-corrected chi connectivity index (χ3v) is 4.95. The summed E-state index contributed by atoms with van der Waals surface area (Å²) in [7, 11) is 0. The average Bonchev–Trinajstić information content (AvgIpc) is 2.80. The third-order valence-electron chi connectivity index (χ3n) is 4.95. The Balaban J connectivity index is 1.95. The molecule has 0 aromatic heterocycles. The van der Waals surface area contributed by atoms with Gasteiger partial charge in [0.05, 0.1) is 13.0 Å². The number of nitrogens with one attached hydrogen (secondary N) is 3. The monoisotopic (exact) mass is 513 g/mol. The minimum atomic E-state index is -0.902. The number of rotatable bonds is 8. The van der Waals surface area contributed by atoms with Gasteiger partial charge >= 0.3 is 23.9 Å². The first-order valence-corrected chi connectivity index (χ1v) is 11.6. The lowest BCUT2D eigenvalue weighted by molar-refractivity contribution is -0.147. The van der Waals surface area contributed by atoms with Crippen LogP contribution < -0.4 is 15.5 Å². The van der Waals surface area contributed by atoms with E-state index in [1.165, 1.54) is 17.0 Å². The predicted octanol–water partition coefficient (Wildman–Crippen LogP) is 0.783. The Morgan fingerprint density at radius 1 is 1.14 bits per heavy atom. The highest BCUT2D eigenvalue weighted by atomic mass is 16.6. The molecule has 1 aromatic carbocycles. The van der Waals surface area contributed by atoms with Gasteiger partial charge in [-0.25, -0.2) is 4.79 Å². The molecular weight excluding hydrogens is 482 g/mol. The summed E-state index contributed by atoms with van der Waals surface area (Å²) in [5.74, 6) is -0.769. The van der Waals surface area contributed by atoms with Crippen molar-refractivity contribution in [2.75, 3.05) is 31.1 Å². The molecule has 0 spiro atoms. The fourth-order valence-corrected chi connectivity index (χ4v) is 3.31. The highest BCUT2D eigenvalue weighted by molar-refractivity contribution is 6.41. The Bertz CT molecular complexity index is 1100. The largest absolute Gasteiger partial charge is 0.466 e. The van der Waals surface area contributed by atoms with Gasteiger partial charge in [-0.3, -0.25) is 29.9 Å². The molecule has 4 amide bonds. The van der Waals surface area contributed by atoms with Crippen LogP contribution in [0.15, 0.2) is 24.3 Å². The van der Waals surface area contributed by atoms with Gasteiger partial charge in [-0.1, -0.05) is 5.92 Å². The second-order valence-corrected chi connectivity index (χ2v) is 9.03. The first-order chi connectivity index (χ1) is 17.3. The molecule has 1 fully saturated rings. The average molecular weight is 514 g/mol. The number of alkyl carbamates (subject to hydrolysis) is 1. The summed E-state index contributed by atoms with van der Waals surface area (Å²) in [4.78, 5) is 63.5. The minimum Gasteiger partial charge on any atom is -0.466 e. The fraction of sp³-hybridized carbons (Fsp3) is 0.440. The lowest BCUT2D eigenvalue weighted by Gasteiger charge is -2.33. The van der Waals surface area contributed by atoms with Crippen LogP contribution in [0.4, 0.5) is 10.5 Å². The number of carbonyl (C=O) groups is 5. The van der Waals surface area contributed by atoms with Crippen LogP contribution in [0.5, 0.6) is 0 Å². The molecule has 12 heteroatoms. The molecule has 0 saturated carbocycles. The van der Waals surface area contributed by atoms with E-state index in [1.54, 1.807) is 39.8 Å². The summed E-state index contributed by atoms with van der Waals surface area (Å²) in [6.45, 7) is 6.76. The molecule has 12 nitrogen and oxygen atoms in total. The van der Waals surface area contributed by atoms with Crippen LogP contribution in [0.2, 0.25) is 0 Å². The van der Waals surface area contributed by atoms with Crippen LogP contribution in [0, 0.1) is 17.8 Å². The zero-order valence-electron chi connectivity index (χ0n) is 21.3. The molecule has 1 heterocycles. The van der Waals surface area contributed by atoms with E-state index in [0.717, 1.165) is 4.90 Å². The molecule has 1 aliphatic heterocycles. The summed E-state index contributed by atoms with van der Waals surface area (Å²) >= 11 is 0. The Morgan fingerprint density at radius 3 is 2.35 bits per heavy atom. The van der Waals surface area contributed by atoms with Crippen molar-refractivity contribution in [3.8, 4) is 12.3 Å². The van der Waals surface area contributed by atoms with Gasteiger partial charge in [0.1, 0.15) is 24.0 Å². The van der Waals surface area contributed by atoms with Crippen LogP contribution in [-0.4, -0.2) is 78.4 Å². The number of carbonyl (C=O) groups excluding carboxylic acids is 5. The van der Waals surface area contributed by atoms with Gasteiger partial charge in [0.25, 0.3) is 0 Å². The normalized spacial score (nSPS) is 14.4. The van der Waals surface area contributed by atoms with E-state index in [9.17, 15) is 24.0 Å². The van der Waals surface area contributed by atoms with Crippen molar-refractivity contribution in [1.29, 1.82) is 5.41 Å². The van der Waals surface area contributed by atoms with E-state index in [0.29, 0.717) is 11.3 Å². The number of hydrogen-bond donors (Lipinski definition) is 3. The number of terminal acetylenes is 1. The van der Waals surface area contributed by atoms with Crippen LogP contribution in [-0.2, 0) is 28.7 Å². The van der Waals surface area contributed by atoms with Crippen molar-refractivity contribution in [2.24, 2.45) is 0 Å². The van der Waals surface area contributed by atoms with E-state index in [1.807, 2.05) is 0 Å². The van der Waals surface area contributed by atoms with E-state index in [-0.39, 0.29) is 32.0 Å². The molecule has 0 radical (unpaired) electrons. The summed E-state index contributed by atoms with van der Waals surface area (Å²) in [6.07, 6.45) is 4.38. The van der Waals surface area contributed by atoms with Gasteiger partial charge in [0, 0.05) is 24.3 Å². The maximum absolute atomic E-state index is 12.7. The van der Waals surface area contributed by atoms with Crippen molar-refractivity contribution in [3.63, 3.8) is 0 Å². The maximum Gasteiger partial charge on any atom is 0.413 e. The smallest absolute Gasteiger partial charge is 0.413 e. The van der Waals surface area contributed by atoms with Crippen LogP contribution in [0.25, 0.3) is 0 Å². The highest BCUT2D eigenvalue weighted by Gasteiger charge is 2.34. The SMILES string of the molecule is C#C[C@H](CC(=O)OCC)NC(=O)CN1CCN(c2ccc(C(=N)NC(=O)OC(C)(C)C)cc2)C(=O)C1=O. The van der Waals surface area contributed by atoms with Crippen molar-refractivity contribution in [2.45, 2.75) is 45.8 Å². The Hall–Kier alpha value is -4.40. The van der Waals surface area contributed by atoms with Gasteiger partial charge < -0.3 is 24.6 Å². The zero-order chi connectivity index (χ0) is 27.8. The molecular formula is C25H31N5O7.